The van der Waals surface area contributed by atoms with E-state index in [2.05, 4.69) is 10.2 Å². The maximum atomic E-state index is 11.8. The Bertz CT molecular complexity index is 514. The number of nitrogens with zero attached hydrogens (tertiary/aromatic N) is 3. The molecule has 6 nitrogen and oxygen atoms in total. The van der Waals surface area contributed by atoms with Crippen LogP contribution in [-0.4, -0.2) is 34.4 Å². The maximum Gasteiger partial charge on any atom is 0.318 e. The van der Waals surface area contributed by atoms with Crippen molar-refractivity contribution in [2.45, 2.75) is 45.4 Å². The third-order valence-corrected chi connectivity index (χ3v) is 4.74. The Balaban J connectivity index is 1.84. The lowest BCUT2D eigenvalue weighted by molar-refractivity contribution is -0.152. The highest BCUT2D eigenvalue weighted by atomic mass is 16.4. The van der Waals surface area contributed by atoms with E-state index in [9.17, 15) is 9.90 Å². The van der Waals surface area contributed by atoms with Gasteiger partial charge in [-0.15, -0.1) is 5.10 Å². The lowest BCUT2D eigenvalue weighted by atomic mass is 9.68. The molecule has 1 saturated carbocycles. The van der Waals surface area contributed by atoms with E-state index < -0.39 is 11.4 Å². The number of carboxylic acid groups (broad SMARTS) is 1. The van der Waals surface area contributed by atoms with Crippen molar-refractivity contribution in [3.63, 3.8) is 0 Å². The molecule has 0 unspecified atom stereocenters. The number of anilines is 1. The molecule has 1 aliphatic carbocycles. The standard InChI is InChI=1S/C14H21N3O3/c1-9(2)11-15-16-13(20-11)17-7-10-5-3-4-6-14(10,8-17)12(18)19/h9-10H,3-8H2,1-2H3,(H,18,19)/t10-,14-/m0/s1. The van der Waals surface area contributed by atoms with Crippen molar-refractivity contribution in [1.29, 1.82) is 0 Å². The second-order valence-corrected chi connectivity index (χ2v) is 6.36. The molecule has 0 radical (unpaired) electrons. The summed E-state index contributed by atoms with van der Waals surface area (Å²) in [6.45, 7) is 5.21. The Kier molecular flexibility index (Phi) is 3.18. The van der Waals surface area contributed by atoms with E-state index in [1.165, 1.54) is 0 Å². The van der Waals surface area contributed by atoms with Crippen molar-refractivity contribution in [2.24, 2.45) is 11.3 Å². The van der Waals surface area contributed by atoms with Gasteiger partial charge in [0, 0.05) is 19.0 Å². The zero-order chi connectivity index (χ0) is 14.3. The van der Waals surface area contributed by atoms with E-state index >= 15 is 0 Å². The van der Waals surface area contributed by atoms with Crippen LogP contribution in [0.15, 0.2) is 4.42 Å². The third-order valence-electron chi connectivity index (χ3n) is 4.74. The molecular weight excluding hydrogens is 258 g/mol. The van der Waals surface area contributed by atoms with Crippen molar-refractivity contribution in [3.05, 3.63) is 5.89 Å². The third kappa shape index (κ3) is 1.98. The first-order valence-electron chi connectivity index (χ1n) is 7.34. The normalized spacial score (nSPS) is 29.8. The van der Waals surface area contributed by atoms with E-state index in [4.69, 9.17) is 4.42 Å². The molecule has 1 aliphatic heterocycles. The summed E-state index contributed by atoms with van der Waals surface area (Å²) in [5.74, 6) is 0.324. The lowest BCUT2D eigenvalue weighted by Crippen LogP contribution is -2.41. The van der Waals surface area contributed by atoms with Crippen LogP contribution >= 0.6 is 0 Å². The highest BCUT2D eigenvalue weighted by Crippen LogP contribution is 2.47. The monoisotopic (exact) mass is 279 g/mol. The van der Waals surface area contributed by atoms with Crippen LogP contribution in [0.25, 0.3) is 0 Å². The summed E-state index contributed by atoms with van der Waals surface area (Å²) in [4.78, 5) is 13.7. The highest BCUT2D eigenvalue weighted by molar-refractivity contribution is 5.77. The van der Waals surface area contributed by atoms with Gasteiger partial charge < -0.3 is 14.4 Å². The first kappa shape index (κ1) is 13.4. The van der Waals surface area contributed by atoms with Gasteiger partial charge in [0.2, 0.25) is 5.89 Å². The van der Waals surface area contributed by atoms with E-state index in [-0.39, 0.29) is 11.8 Å². The molecule has 2 atom stereocenters. The van der Waals surface area contributed by atoms with Crippen molar-refractivity contribution >= 4 is 12.0 Å². The molecule has 2 fully saturated rings. The smallest absolute Gasteiger partial charge is 0.318 e. The Morgan fingerprint density at radius 1 is 1.45 bits per heavy atom. The molecule has 20 heavy (non-hydrogen) atoms. The van der Waals surface area contributed by atoms with Crippen LogP contribution in [0.2, 0.25) is 0 Å². The van der Waals surface area contributed by atoms with Crippen LogP contribution < -0.4 is 4.90 Å². The zero-order valence-electron chi connectivity index (χ0n) is 12.0. The summed E-state index contributed by atoms with van der Waals surface area (Å²) >= 11 is 0. The Labute approximate surface area is 118 Å². The summed E-state index contributed by atoms with van der Waals surface area (Å²) in [6, 6.07) is 0.476. The number of rotatable bonds is 3. The molecule has 2 heterocycles. The van der Waals surface area contributed by atoms with E-state index in [0.717, 1.165) is 25.7 Å². The topological polar surface area (TPSA) is 79.5 Å². The van der Waals surface area contributed by atoms with Gasteiger partial charge in [-0.25, -0.2) is 0 Å². The zero-order valence-corrected chi connectivity index (χ0v) is 12.0. The molecule has 1 saturated heterocycles. The quantitative estimate of drug-likeness (QED) is 0.914. The van der Waals surface area contributed by atoms with Gasteiger partial charge in [-0.05, 0) is 18.8 Å². The van der Waals surface area contributed by atoms with Gasteiger partial charge in [-0.3, -0.25) is 4.79 Å². The largest absolute Gasteiger partial charge is 0.481 e. The number of hydrogen-bond donors (Lipinski definition) is 1. The Morgan fingerprint density at radius 3 is 2.85 bits per heavy atom. The fraction of sp³-hybridized carbons (Fsp3) is 0.786. The van der Waals surface area contributed by atoms with E-state index in [0.29, 0.717) is 25.0 Å². The van der Waals surface area contributed by atoms with Crippen LogP contribution in [0.1, 0.15) is 51.3 Å². The molecule has 3 rings (SSSR count). The van der Waals surface area contributed by atoms with Crippen molar-refractivity contribution in [3.8, 4) is 0 Å². The Hall–Kier alpha value is -1.59. The number of hydrogen-bond acceptors (Lipinski definition) is 5. The fourth-order valence-corrected chi connectivity index (χ4v) is 3.54. The predicted molar refractivity (Wildman–Crippen MR) is 72.6 cm³/mol. The summed E-state index contributed by atoms with van der Waals surface area (Å²) in [5, 5.41) is 17.8. The molecule has 1 aromatic heterocycles. The fourth-order valence-electron chi connectivity index (χ4n) is 3.54. The maximum absolute atomic E-state index is 11.8. The minimum absolute atomic E-state index is 0.189. The second-order valence-electron chi connectivity index (χ2n) is 6.36. The summed E-state index contributed by atoms with van der Waals surface area (Å²) in [6.07, 6.45) is 3.86. The summed E-state index contributed by atoms with van der Waals surface area (Å²) in [5.41, 5.74) is -0.620. The number of carboxylic acids is 1. The van der Waals surface area contributed by atoms with E-state index in [1.807, 2.05) is 18.7 Å². The molecular formula is C14H21N3O3. The molecule has 0 bridgehead atoms. The number of fused-ring (bicyclic) bond motifs is 1. The molecule has 0 aromatic carbocycles. The van der Waals surface area contributed by atoms with Crippen LogP contribution in [0.5, 0.6) is 0 Å². The second kappa shape index (κ2) is 4.75. The van der Waals surface area contributed by atoms with Crippen LogP contribution in [0.3, 0.4) is 0 Å². The minimum atomic E-state index is -0.673. The number of aromatic nitrogens is 2. The molecule has 1 N–H and O–H groups in total. The predicted octanol–water partition coefficient (Wildman–Crippen LogP) is 2.27. The van der Waals surface area contributed by atoms with Gasteiger partial charge in [0.15, 0.2) is 0 Å². The molecule has 110 valence electrons. The average Bonchev–Trinajstić information content (AvgIpc) is 3.03. The van der Waals surface area contributed by atoms with Gasteiger partial charge in [0.05, 0.1) is 5.41 Å². The van der Waals surface area contributed by atoms with E-state index in [1.54, 1.807) is 0 Å². The highest BCUT2D eigenvalue weighted by Gasteiger charge is 2.54. The molecule has 0 spiro atoms. The van der Waals surface area contributed by atoms with Crippen molar-refractivity contribution in [2.75, 3.05) is 18.0 Å². The summed E-state index contributed by atoms with van der Waals surface area (Å²) < 4.78 is 5.67. The van der Waals surface area contributed by atoms with Gasteiger partial charge in [0.1, 0.15) is 0 Å². The van der Waals surface area contributed by atoms with Crippen molar-refractivity contribution < 1.29 is 14.3 Å². The minimum Gasteiger partial charge on any atom is -0.481 e. The van der Waals surface area contributed by atoms with Gasteiger partial charge in [0.25, 0.3) is 0 Å². The average molecular weight is 279 g/mol. The van der Waals surface area contributed by atoms with Crippen LogP contribution in [-0.2, 0) is 4.79 Å². The van der Waals surface area contributed by atoms with Crippen molar-refractivity contribution in [1.82, 2.24) is 10.2 Å². The molecule has 6 heteroatoms. The van der Waals surface area contributed by atoms with Crippen LogP contribution in [0, 0.1) is 11.3 Å². The lowest BCUT2D eigenvalue weighted by Gasteiger charge is -2.33. The van der Waals surface area contributed by atoms with Gasteiger partial charge in [-0.2, -0.15) is 0 Å². The first-order valence-corrected chi connectivity index (χ1v) is 7.34. The Morgan fingerprint density at radius 2 is 2.25 bits per heavy atom. The SMILES string of the molecule is CC(C)c1nnc(N2C[C@@H]3CCCC[C@]3(C(=O)O)C2)o1. The first-order chi connectivity index (χ1) is 9.53. The molecule has 2 aliphatic rings. The summed E-state index contributed by atoms with van der Waals surface area (Å²) in [7, 11) is 0. The number of carbonyl (C=O) groups is 1. The number of aliphatic carboxylic acids is 1. The van der Waals surface area contributed by atoms with Gasteiger partial charge in [-0.1, -0.05) is 31.8 Å². The van der Waals surface area contributed by atoms with Gasteiger partial charge >= 0.3 is 12.0 Å². The van der Waals surface area contributed by atoms with Crippen LogP contribution in [0.4, 0.5) is 6.01 Å². The molecule has 1 aromatic rings. The molecule has 0 amide bonds.